The summed E-state index contributed by atoms with van der Waals surface area (Å²) in [6.07, 6.45) is 0. The Morgan fingerprint density at radius 2 is 0.983 bits per heavy atom. The summed E-state index contributed by atoms with van der Waals surface area (Å²) in [5.74, 6) is -3.76. The second-order valence-electron chi connectivity index (χ2n) is 13.8. The van der Waals surface area contributed by atoms with Crippen LogP contribution in [0, 0.1) is 29.1 Å². The van der Waals surface area contributed by atoms with Gasteiger partial charge >= 0.3 is 0 Å². The molecule has 0 unspecified atom stereocenters. The molecule has 0 aliphatic rings. The fraction of sp³-hybridized carbons (Fsp3) is 0. The average molecular weight is 787 g/mol. The van der Waals surface area contributed by atoms with Crippen LogP contribution in [-0.4, -0.2) is 13.3 Å². The van der Waals surface area contributed by atoms with Gasteiger partial charge in [0.2, 0.25) is 0 Å². The molecule has 0 N–H and O–H groups in total. The Bertz CT molecular complexity index is 3080. The summed E-state index contributed by atoms with van der Waals surface area (Å²) >= 11 is 1.09. The third-order valence-electron chi connectivity index (χ3n) is 10.4. The van der Waals surface area contributed by atoms with E-state index < -0.39 is 29.1 Å². The summed E-state index contributed by atoms with van der Waals surface area (Å²) < 4.78 is 83.5. The molecule has 0 radical (unpaired) electrons. The summed E-state index contributed by atoms with van der Waals surface area (Å²) in [5.41, 5.74) is 9.66. The van der Waals surface area contributed by atoms with Crippen molar-refractivity contribution >= 4 is 61.6 Å². The van der Waals surface area contributed by atoms with Gasteiger partial charge in [0.25, 0.3) is 0 Å². The largest absolute Gasteiger partial charge is 0.309 e. The molecule has 10 aromatic rings. The molecule has 0 atom stereocenters. The summed E-state index contributed by atoms with van der Waals surface area (Å²) in [6, 6.07) is 47.1. The van der Waals surface area contributed by atoms with Crippen LogP contribution < -0.4 is 4.90 Å². The van der Waals surface area contributed by atoms with Crippen molar-refractivity contribution in [2.45, 2.75) is 0 Å². The van der Waals surface area contributed by atoms with Crippen LogP contribution in [0.2, 0.25) is 0 Å². The lowest BCUT2D eigenvalue weighted by Gasteiger charge is -2.26. The van der Waals surface area contributed by atoms with Gasteiger partial charge in [-0.2, -0.15) is 8.75 Å². The molecule has 4 nitrogen and oxygen atoms in total. The number of hydrogen-bond acceptors (Lipinski definition) is 4. The van der Waals surface area contributed by atoms with Crippen LogP contribution in [0.1, 0.15) is 0 Å². The summed E-state index contributed by atoms with van der Waals surface area (Å²) in [5, 5.41) is 1.24. The number of nitrogens with zero attached hydrogens (tertiary/aromatic N) is 4. The highest BCUT2D eigenvalue weighted by atomic mass is 32.1. The van der Waals surface area contributed by atoms with Crippen LogP contribution in [-0.2, 0) is 0 Å². The minimum atomic E-state index is -0.988. The van der Waals surface area contributed by atoms with Crippen molar-refractivity contribution in [2.75, 3.05) is 4.90 Å². The lowest BCUT2D eigenvalue weighted by molar-refractivity contribution is 0.548. The maximum atomic E-state index is 14.8. The smallest absolute Gasteiger partial charge is 0.136 e. The van der Waals surface area contributed by atoms with Gasteiger partial charge in [-0.05, 0) is 107 Å². The monoisotopic (exact) mass is 786 g/mol. The predicted molar refractivity (Wildman–Crippen MR) is 223 cm³/mol. The van der Waals surface area contributed by atoms with Gasteiger partial charge in [0.1, 0.15) is 40.1 Å². The molecule has 0 aliphatic carbocycles. The summed E-state index contributed by atoms with van der Waals surface area (Å²) in [7, 11) is 0. The molecule has 10 heteroatoms. The molecule has 2 heterocycles. The van der Waals surface area contributed by atoms with Gasteiger partial charge in [-0.3, -0.25) is 0 Å². The molecule has 280 valence electrons. The van der Waals surface area contributed by atoms with E-state index in [1.54, 1.807) is 36.4 Å². The van der Waals surface area contributed by atoms with E-state index in [2.05, 4.69) is 0 Å². The zero-order chi connectivity index (χ0) is 39.5. The van der Waals surface area contributed by atoms with Crippen molar-refractivity contribution < 1.29 is 22.0 Å². The van der Waals surface area contributed by atoms with Crippen LogP contribution in [0.4, 0.5) is 39.0 Å². The van der Waals surface area contributed by atoms with Crippen molar-refractivity contribution in [3.63, 3.8) is 0 Å². The van der Waals surface area contributed by atoms with Crippen molar-refractivity contribution in [3.05, 3.63) is 193 Å². The van der Waals surface area contributed by atoms with E-state index in [0.29, 0.717) is 39.6 Å². The zero-order valence-electron chi connectivity index (χ0n) is 30.2. The first-order valence-corrected chi connectivity index (χ1v) is 19.0. The standard InChI is InChI=1S/C48H27F5N4S/c49-32-12-21-43-39(24-32)40-25-33(50)13-22-44(40)57(43)37-16-8-30(9-17-37)38-20-23-45(48-47(38)54-58-55-48)56(35-14-6-29(7-15-35)28-4-2-1-3-5-28)36-18-10-31(11-19-36)46-41(52)26-34(51)27-42(46)53/h1-27H. The first-order valence-electron chi connectivity index (χ1n) is 18.3. The van der Waals surface area contributed by atoms with E-state index >= 15 is 0 Å². The fourth-order valence-corrected chi connectivity index (χ4v) is 8.33. The molecule has 0 saturated heterocycles. The minimum Gasteiger partial charge on any atom is -0.309 e. The van der Waals surface area contributed by atoms with Crippen LogP contribution in [0.15, 0.2) is 164 Å². The molecular formula is C48H27F5N4S. The fourth-order valence-electron chi connectivity index (χ4n) is 7.76. The molecule has 0 aliphatic heterocycles. The second-order valence-corrected chi connectivity index (χ2v) is 14.4. The van der Waals surface area contributed by atoms with Crippen LogP contribution >= 0.6 is 11.7 Å². The van der Waals surface area contributed by atoms with Gasteiger partial charge in [0, 0.05) is 45.5 Å². The van der Waals surface area contributed by atoms with Crippen molar-refractivity contribution in [1.29, 1.82) is 0 Å². The maximum Gasteiger partial charge on any atom is 0.136 e. The molecule has 58 heavy (non-hydrogen) atoms. The van der Waals surface area contributed by atoms with E-state index in [1.807, 2.05) is 100 Å². The van der Waals surface area contributed by atoms with E-state index in [4.69, 9.17) is 8.75 Å². The number of hydrogen-bond donors (Lipinski definition) is 0. The Balaban J connectivity index is 1.06. The van der Waals surface area contributed by atoms with Crippen LogP contribution in [0.25, 0.3) is 71.9 Å². The topological polar surface area (TPSA) is 34.0 Å². The van der Waals surface area contributed by atoms with Crippen LogP contribution in [0.5, 0.6) is 0 Å². The third-order valence-corrected chi connectivity index (χ3v) is 10.9. The molecule has 8 aromatic carbocycles. The van der Waals surface area contributed by atoms with Gasteiger partial charge in [-0.25, -0.2) is 22.0 Å². The van der Waals surface area contributed by atoms with Gasteiger partial charge in [-0.1, -0.05) is 66.7 Å². The van der Waals surface area contributed by atoms with Crippen molar-refractivity contribution in [3.8, 4) is 39.1 Å². The first-order chi connectivity index (χ1) is 28.3. The Labute approximate surface area is 332 Å². The molecule has 0 bridgehead atoms. The van der Waals surface area contributed by atoms with E-state index in [0.717, 1.165) is 62.1 Å². The van der Waals surface area contributed by atoms with Gasteiger partial charge in [-0.15, -0.1) is 0 Å². The lowest BCUT2D eigenvalue weighted by atomic mass is 10.0. The Morgan fingerprint density at radius 3 is 1.59 bits per heavy atom. The number of rotatable bonds is 7. The summed E-state index contributed by atoms with van der Waals surface area (Å²) in [4.78, 5) is 2.01. The number of halogens is 5. The quantitative estimate of drug-likeness (QED) is 0.151. The highest BCUT2D eigenvalue weighted by Crippen LogP contribution is 2.43. The third kappa shape index (κ3) is 6.05. The predicted octanol–water partition coefficient (Wildman–Crippen LogP) is 14.0. The summed E-state index contributed by atoms with van der Waals surface area (Å²) in [6.45, 7) is 0. The lowest BCUT2D eigenvalue weighted by Crippen LogP contribution is -2.10. The first kappa shape index (κ1) is 35.3. The van der Waals surface area contributed by atoms with Gasteiger partial charge < -0.3 is 9.47 Å². The minimum absolute atomic E-state index is 0.262. The number of anilines is 3. The van der Waals surface area contributed by atoms with Gasteiger partial charge in [0.15, 0.2) is 0 Å². The molecule has 0 fully saturated rings. The highest BCUT2D eigenvalue weighted by Gasteiger charge is 2.22. The second kappa shape index (κ2) is 14.1. The number of aromatic nitrogens is 3. The normalized spacial score (nSPS) is 11.5. The maximum absolute atomic E-state index is 14.8. The van der Waals surface area contributed by atoms with E-state index in [-0.39, 0.29) is 11.1 Å². The molecule has 10 rings (SSSR count). The number of benzene rings is 8. The molecule has 0 spiro atoms. The number of fused-ring (bicyclic) bond motifs is 4. The average Bonchev–Trinajstić information content (AvgIpc) is 3.85. The zero-order valence-corrected chi connectivity index (χ0v) is 31.0. The Kier molecular flexibility index (Phi) is 8.57. The molecule has 2 aromatic heterocycles. The van der Waals surface area contributed by atoms with Crippen LogP contribution in [0.3, 0.4) is 0 Å². The Hall–Kier alpha value is -7.17. The van der Waals surface area contributed by atoms with Crippen molar-refractivity contribution in [2.24, 2.45) is 0 Å². The van der Waals surface area contributed by atoms with Crippen molar-refractivity contribution in [1.82, 2.24) is 13.3 Å². The SMILES string of the molecule is Fc1cc(F)c(-c2ccc(N(c3ccc(-c4ccccc4)cc3)c3ccc(-c4ccc(-n5c6ccc(F)cc6c6cc(F)ccc65)cc4)c4nsnc34)cc2)c(F)c1. The van der Waals surface area contributed by atoms with E-state index in [9.17, 15) is 22.0 Å². The van der Waals surface area contributed by atoms with Gasteiger partial charge in [0.05, 0.1) is 34.0 Å². The molecular weight excluding hydrogens is 760 g/mol. The Morgan fingerprint density at radius 1 is 0.448 bits per heavy atom. The molecule has 0 saturated carbocycles. The molecule has 0 amide bonds. The van der Waals surface area contributed by atoms with E-state index in [1.165, 1.54) is 24.3 Å². The highest BCUT2D eigenvalue weighted by molar-refractivity contribution is 7.00.